The Kier molecular flexibility index (Phi) is 4.92. The molecule has 0 radical (unpaired) electrons. The Balaban J connectivity index is 2.86. The number of nitrogens with zero attached hydrogens (tertiary/aromatic N) is 1. The Bertz CT molecular complexity index is 437. The summed E-state index contributed by atoms with van der Waals surface area (Å²) in [4.78, 5) is 24.1. The molecule has 5 nitrogen and oxygen atoms in total. The van der Waals surface area contributed by atoms with E-state index in [1.54, 1.807) is 45.0 Å². The molecule has 0 saturated carbocycles. The number of ether oxygens (including phenoxy) is 1. The van der Waals surface area contributed by atoms with Crippen molar-refractivity contribution in [2.45, 2.75) is 32.8 Å². The minimum absolute atomic E-state index is 0.0776. The predicted octanol–water partition coefficient (Wildman–Crippen LogP) is 2.90. The highest BCUT2D eigenvalue weighted by molar-refractivity contribution is 5.88. The van der Waals surface area contributed by atoms with Crippen LogP contribution in [-0.4, -0.2) is 29.3 Å². The van der Waals surface area contributed by atoms with Gasteiger partial charge in [0.25, 0.3) is 0 Å². The largest absolute Gasteiger partial charge is 0.481 e. The first-order valence-electron chi connectivity index (χ1n) is 6.07. The van der Waals surface area contributed by atoms with E-state index < -0.39 is 17.7 Å². The molecule has 0 fully saturated rings. The van der Waals surface area contributed by atoms with Crippen molar-refractivity contribution in [3.05, 3.63) is 30.3 Å². The van der Waals surface area contributed by atoms with Crippen LogP contribution in [0.1, 0.15) is 27.2 Å². The number of carboxylic acid groups (broad SMARTS) is 1. The first-order valence-corrected chi connectivity index (χ1v) is 6.07. The van der Waals surface area contributed by atoms with Crippen molar-refractivity contribution >= 4 is 17.7 Å². The number of amides is 1. The Hall–Kier alpha value is -2.04. The molecule has 1 amide bonds. The molecule has 19 heavy (non-hydrogen) atoms. The Morgan fingerprint density at radius 1 is 1.21 bits per heavy atom. The third kappa shape index (κ3) is 5.42. The number of carbonyl (C=O) groups excluding carboxylic acids is 1. The molecule has 0 aliphatic rings. The lowest BCUT2D eigenvalue weighted by Gasteiger charge is -2.27. The highest BCUT2D eigenvalue weighted by atomic mass is 16.6. The van der Waals surface area contributed by atoms with Gasteiger partial charge in [0.15, 0.2) is 0 Å². The van der Waals surface area contributed by atoms with Crippen molar-refractivity contribution in [2.75, 3.05) is 11.4 Å². The van der Waals surface area contributed by atoms with Crippen LogP contribution in [0.25, 0.3) is 0 Å². The van der Waals surface area contributed by atoms with E-state index in [2.05, 4.69) is 0 Å². The molecule has 0 atom stereocenters. The molecule has 0 spiro atoms. The van der Waals surface area contributed by atoms with Crippen LogP contribution in [-0.2, 0) is 9.53 Å². The predicted molar refractivity (Wildman–Crippen MR) is 72.3 cm³/mol. The molecule has 0 heterocycles. The molecule has 0 unspecified atom stereocenters. The molecule has 0 aromatic heterocycles. The van der Waals surface area contributed by atoms with E-state index in [0.29, 0.717) is 5.69 Å². The number of carbonyl (C=O) groups is 2. The molecular weight excluding hydrogens is 246 g/mol. The Morgan fingerprint density at radius 3 is 2.26 bits per heavy atom. The second-order valence-electron chi connectivity index (χ2n) is 5.11. The summed E-state index contributed by atoms with van der Waals surface area (Å²) in [5, 5.41) is 8.74. The van der Waals surface area contributed by atoms with Gasteiger partial charge in [-0.3, -0.25) is 9.69 Å². The van der Waals surface area contributed by atoms with Gasteiger partial charge in [0, 0.05) is 12.2 Å². The molecule has 1 aromatic rings. The van der Waals surface area contributed by atoms with Gasteiger partial charge < -0.3 is 9.84 Å². The fourth-order valence-electron chi connectivity index (χ4n) is 1.46. The highest BCUT2D eigenvalue weighted by Gasteiger charge is 2.23. The zero-order chi connectivity index (χ0) is 14.5. The molecule has 1 N–H and O–H groups in total. The minimum atomic E-state index is -0.954. The number of hydrogen-bond acceptors (Lipinski definition) is 3. The number of rotatable bonds is 4. The van der Waals surface area contributed by atoms with Crippen LogP contribution in [0.5, 0.6) is 0 Å². The summed E-state index contributed by atoms with van der Waals surface area (Å²) in [6.45, 7) is 5.38. The van der Waals surface area contributed by atoms with Gasteiger partial charge in [-0.15, -0.1) is 0 Å². The monoisotopic (exact) mass is 265 g/mol. The summed E-state index contributed by atoms with van der Waals surface area (Å²) in [6, 6.07) is 8.88. The molecule has 104 valence electrons. The highest BCUT2D eigenvalue weighted by Crippen LogP contribution is 2.18. The zero-order valence-electron chi connectivity index (χ0n) is 11.4. The molecule has 0 saturated heterocycles. The van der Waals surface area contributed by atoms with Crippen molar-refractivity contribution in [3.63, 3.8) is 0 Å². The number of benzene rings is 1. The lowest BCUT2D eigenvalue weighted by atomic mass is 10.2. The summed E-state index contributed by atoms with van der Waals surface area (Å²) in [6.07, 6.45) is -0.673. The van der Waals surface area contributed by atoms with Gasteiger partial charge >= 0.3 is 12.1 Å². The standard InChI is InChI=1S/C14H19NO4/c1-14(2,3)19-13(18)15(10-9-12(16)17)11-7-5-4-6-8-11/h4-8H,9-10H2,1-3H3,(H,16,17). The summed E-state index contributed by atoms with van der Waals surface area (Å²) < 4.78 is 5.28. The Labute approximate surface area is 112 Å². The first kappa shape index (κ1) is 15.0. The molecule has 5 heteroatoms. The van der Waals surface area contributed by atoms with E-state index in [1.807, 2.05) is 6.07 Å². The second-order valence-corrected chi connectivity index (χ2v) is 5.11. The van der Waals surface area contributed by atoms with Crippen LogP contribution in [0.3, 0.4) is 0 Å². The summed E-state index contributed by atoms with van der Waals surface area (Å²) in [5.74, 6) is -0.954. The molecule has 0 aliphatic heterocycles. The maximum Gasteiger partial charge on any atom is 0.414 e. The molecule has 0 aliphatic carbocycles. The fraction of sp³-hybridized carbons (Fsp3) is 0.429. The smallest absolute Gasteiger partial charge is 0.414 e. The lowest BCUT2D eigenvalue weighted by Crippen LogP contribution is -2.38. The van der Waals surface area contributed by atoms with E-state index in [0.717, 1.165) is 0 Å². The van der Waals surface area contributed by atoms with E-state index in [4.69, 9.17) is 9.84 Å². The van der Waals surface area contributed by atoms with Crippen molar-refractivity contribution in [1.29, 1.82) is 0 Å². The maximum atomic E-state index is 12.1. The number of aliphatic carboxylic acids is 1. The normalized spacial score (nSPS) is 10.9. The number of para-hydroxylation sites is 1. The molecule has 1 rings (SSSR count). The van der Waals surface area contributed by atoms with Gasteiger partial charge in [-0.05, 0) is 32.9 Å². The van der Waals surface area contributed by atoms with Gasteiger partial charge in [-0.2, -0.15) is 0 Å². The van der Waals surface area contributed by atoms with E-state index in [9.17, 15) is 9.59 Å². The van der Waals surface area contributed by atoms with Crippen LogP contribution in [0.2, 0.25) is 0 Å². The topological polar surface area (TPSA) is 66.8 Å². The minimum Gasteiger partial charge on any atom is -0.481 e. The summed E-state index contributed by atoms with van der Waals surface area (Å²) >= 11 is 0. The van der Waals surface area contributed by atoms with Gasteiger partial charge in [-0.25, -0.2) is 4.79 Å². The average Bonchev–Trinajstić information content (AvgIpc) is 2.27. The van der Waals surface area contributed by atoms with Crippen LogP contribution < -0.4 is 4.90 Å². The van der Waals surface area contributed by atoms with Crippen LogP contribution in [0, 0.1) is 0 Å². The number of anilines is 1. The first-order chi connectivity index (χ1) is 8.79. The van der Waals surface area contributed by atoms with Crippen LogP contribution in [0.15, 0.2) is 30.3 Å². The van der Waals surface area contributed by atoms with E-state index in [-0.39, 0.29) is 13.0 Å². The second kappa shape index (κ2) is 6.22. The Morgan fingerprint density at radius 2 is 1.79 bits per heavy atom. The number of hydrogen-bond donors (Lipinski definition) is 1. The molecule has 1 aromatic carbocycles. The van der Waals surface area contributed by atoms with Crippen molar-refractivity contribution in [2.24, 2.45) is 0 Å². The van der Waals surface area contributed by atoms with Crippen molar-refractivity contribution < 1.29 is 19.4 Å². The fourth-order valence-corrected chi connectivity index (χ4v) is 1.46. The van der Waals surface area contributed by atoms with Crippen LogP contribution >= 0.6 is 0 Å². The average molecular weight is 265 g/mol. The molecule has 0 bridgehead atoms. The SMILES string of the molecule is CC(C)(C)OC(=O)N(CCC(=O)O)c1ccccc1. The van der Waals surface area contributed by atoms with Gasteiger partial charge in [-0.1, -0.05) is 18.2 Å². The van der Waals surface area contributed by atoms with E-state index >= 15 is 0 Å². The zero-order valence-corrected chi connectivity index (χ0v) is 11.4. The van der Waals surface area contributed by atoms with Crippen molar-refractivity contribution in [1.82, 2.24) is 0 Å². The third-order valence-corrected chi connectivity index (χ3v) is 2.23. The van der Waals surface area contributed by atoms with Gasteiger partial charge in [0.2, 0.25) is 0 Å². The van der Waals surface area contributed by atoms with E-state index in [1.165, 1.54) is 4.90 Å². The maximum absolute atomic E-state index is 12.1. The van der Waals surface area contributed by atoms with Gasteiger partial charge in [0.05, 0.1) is 6.42 Å². The number of carboxylic acids is 1. The summed E-state index contributed by atoms with van der Waals surface area (Å²) in [5.41, 5.74) is 0.00543. The molecular formula is C14H19NO4. The van der Waals surface area contributed by atoms with Gasteiger partial charge in [0.1, 0.15) is 5.60 Å². The van der Waals surface area contributed by atoms with Crippen LogP contribution in [0.4, 0.5) is 10.5 Å². The lowest BCUT2D eigenvalue weighted by molar-refractivity contribution is -0.136. The summed E-state index contributed by atoms with van der Waals surface area (Å²) in [7, 11) is 0. The third-order valence-electron chi connectivity index (χ3n) is 2.23. The quantitative estimate of drug-likeness (QED) is 0.909. The van der Waals surface area contributed by atoms with Crippen molar-refractivity contribution in [3.8, 4) is 0 Å².